The number of likely N-dealkylation sites (N-methyl/N-ethyl adjacent to an activating group) is 1. The van der Waals surface area contributed by atoms with E-state index in [1.807, 2.05) is 49.5 Å². The Morgan fingerprint density at radius 3 is 2.52 bits per heavy atom. The van der Waals surface area contributed by atoms with Gasteiger partial charge in [0, 0.05) is 25.3 Å². The van der Waals surface area contributed by atoms with Crippen molar-refractivity contribution in [1.29, 1.82) is 0 Å². The van der Waals surface area contributed by atoms with Crippen LogP contribution in [0.4, 0.5) is 5.69 Å². The van der Waals surface area contributed by atoms with Crippen LogP contribution in [0.15, 0.2) is 54.6 Å². The number of nitrogens with zero attached hydrogens (tertiary/aromatic N) is 2. The first-order valence-electron chi connectivity index (χ1n) is 8.54. The molecule has 0 aromatic heterocycles. The fourth-order valence-corrected chi connectivity index (χ4v) is 2.99. The third kappa shape index (κ3) is 4.38. The summed E-state index contributed by atoms with van der Waals surface area (Å²) in [6, 6.07) is 17.3. The van der Waals surface area contributed by atoms with E-state index in [1.54, 1.807) is 12.1 Å². The van der Waals surface area contributed by atoms with E-state index in [4.69, 9.17) is 4.74 Å². The zero-order valence-electron chi connectivity index (χ0n) is 14.5. The number of piperazine rings is 1. The zero-order chi connectivity index (χ0) is 17.6. The van der Waals surface area contributed by atoms with Gasteiger partial charge in [0.1, 0.15) is 6.61 Å². The predicted octanol–water partition coefficient (Wildman–Crippen LogP) is 2.16. The van der Waals surface area contributed by atoms with Crippen molar-refractivity contribution >= 4 is 11.7 Å². The van der Waals surface area contributed by atoms with Gasteiger partial charge in [-0.05, 0) is 36.9 Å². The molecule has 25 heavy (non-hydrogen) atoms. The van der Waals surface area contributed by atoms with Crippen molar-refractivity contribution in [2.24, 2.45) is 0 Å². The second-order valence-electron chi connectivity index (χ2n) is 6.37. The van der Waals surface area contributed by atoms with Crippen LogP contribution < -0.4 is 4.90 Å². The fourth-order valence-electron chi connectivity index (χ4n) is 2.99. The van der Waals surface area contributed by atoms with Gasteiger partial charge in [0.25, 0.3) is 0 Å². The minimum absolute atomic E-state index is 0.143. The molecule has 0 spiro atoms. The molecule has 0 radical (unpaired) electrons. The summed E-state index contributed by atoms with van der Waals surface area (Å²) >= 11 is 0. The van der Waals surface area contributed by atoms with Crippen LogP contribution in [0.25, 0.3) is 0 Å². The smallest absolute Gasteiger partial charge is 0.338 e. The van der Waals surface area contributed by atoms with E-state index in [2.05, 4.69) is 9.80 Å². The minimum atomic E-state index is -0.318. The second kappa shape index (κ2) is 8.14. The number of benzene rings is 2. The Hall–Kier alpha value is -2.37. The van der Waals surface area contributed by atoms with E-state index >= 15 is 0 Å². The highest BCUT2D eigenvalue weighted by molar-refractivity contribution is 5.89. The topological polar surface area (TPSA) is 53.0 Å². The van der Waals surface area contributed by atoms with Crippen LogP contribution >= 0.6 is 0 Å². The molecule has 1 N–H and O–H groups in total. The van der Waals surface area contributed by atoms with E-state index in [-0.39, 0.29) is 25.2 Å². The van der Waals surface area contributed by atoms with Crippen molar-refractivity contribution in [3.8, 4) is 0 Å². The van der Waals surface area contributed by atoms with Crippen LogP contribution in [0.2, 0.25) is 0 Å². The number of hydrogen-bond acceptors (Lipinski definition) is 5. The number of aliphatic hydroxyl groups excluding tert-OH is 1. The van der Waals surface area contributed by atoms with Crippen molar-refractivity contribution in [2.75, 3.05) is 38.2 Å². The lowest BCUT2D eigenvalue weighted by molar-refractivity contribution is 0.0472. The molecule has 1 fully saturated rings. The average molecular weight is 340 g/mol. The number of ether oxygens (including phenoxy) is 1. The van der Waals surface area contributed by atoms with Gasteiger partial charge in [-0.3, -0.25) is 4.90 Å². The average Bonchev–Trinajstić information content (AvgIpc) is 2.67. The number of esters is 1. The lowest BCUT2D eigenvalue weighted by atomic mass is 10.1. The van der Waals surface area contributed by atoms with Crippen molar-refractivity contribution in [2.45, 2.75) is 12.6 Å². The summed E-state index contributed by atoms with van der Waals surface area (Å²) in [5.41, 5.74) is 2.58. The Bertz CT molecular complexity index is 688. The first kappa shape index (κ1) is 17.5. The number of carbonyl (C=O) groups is 1. The highest BCUT2D eigenvalue weighted by Crippen LogP contribution is 2.20. The molecule has 5 nitrogen and oxygen atoms in total. The molecule has 1 saturated heterocycles. The molecule has 3 rings (SSSR count). The molecule has 0 saturated carbocycles. The molecule has 1 heterocycles. The number of rotatable bonds is 5. The Balaban J connectivity index is 1.59. The normalized spacial score (nSPS) is 18.2. The molecule has 0 aliphatic carbocycles. The van der Waals surface area contributed by atoms with Gasteiger partial charge in [-0.15, -0.1) is 0 Å². The van der Waals surface area contributed by atoms with E-state index < -0.39 is 0 Å². The molecule has 0 amide bonds. The van der Waals surface area contributed by atoms with Crippen LogP contribution in [0.1, 0.15) is 15.9 Å². The van der Waals surface area contributed by atoms with Gasteiger partial charge in [0.2, 0.25) is 0 Å². The maximum Gasteiger partial charge on any atom is 0.338 e. The van der Waals surface area contributed by atoms with Gasteiger partial charge in [-0.25, -0.2) is 4.79 Å². The molecule has 1 atom stereocenters. The van der Waals surface area contributed by atoms with Crippen LogP contribution in [0, 0.1) is 0 Å². The van der Waals surface area contributed by atoms with Crippen LogP contribution in [0.5, 0.6) is 0 Å². The van der Waals surface area contributed by atoms with Gasteiger partial charge < -0.3 is 14.7 Å². The quantitative estimate of drug-likeness (QED) is 0.846. The van der Waals surface area contributed by atoms with E-state index in [1.165, 1.54) is 0 Å². The third-order valence-electron chi connectivity index (χ3n) is 4.67. The van der Waals surface area contributed by atoms with Crippen LogP contribution in [0.3, 0.4) is 0 Å². The van der Waals surface area contributed by atoms with Crippen molar-refractivity contribution in [1.82, 2.24) is 4.90 Å². The van der Waals surface area contributed by atoms with E-state index in [0.29, 0.717) is 5.56 Å². The molecule has 0 bridgehead atoms. The Morgan fingerprint density at radius 2 is 1.84 bits per heavy atom. The summed E-state index contributed by atoms with van der Waals surface area (Å²) in [7, 11) is 2.03. The molecule has 132 valence electrons. The van der Waals surface area contributed by atoms with Gasteiger partial charge >= 0.3 is 5.97 Å². The monoisotopic (exact) mass is 340 g/mol. The van der Waals surface area contributed by atoms with Gasteiger partial charge in [0.15, 0.2) is 0 Å². The summed E-state index contributed by atoms with van der Waals surface area (Å²) in [6.45, 7) is 3.02. The number of carbonyl (C=O) groups excluding carboxylic acids is 1. The van der Waals surface area contributed by atoms with Crippen LogP contribution in [-0.2, 0) is 11.3 Å². The summed E-state index contributed by atoms with van der Waals surface area (Å²) in [5.74, 6) is -0.318. The Labute approximate surface area is 148 Å². The second-order valence-corrected chi connectivity index (χ2v) is 6.37. The SMILES string of the molecule is CN1CCN(c2ccc(C(=O)OCc3ccccc3)cc2)C[C@H]1CO. The standard InChI is InChI=1S/C20H24N2O3/c1-21-11-12-22(13-19(21)14-23)18-9-7-17(8-10-18)20(24)25-15-16-5-3-2-4-6-16/h2-10,19,23H,11-15H2,1H3/t19-/m0/s1. The molecular weight excluding hydrogens is 316 g/mol. The minimum Gasteiger partial charge on any atom is -0.457 e. The van der Waals surface area contributed by atoms with Crippen molar-refractivity contribution in [3.63, 3.8) is 0 Å². The van der Waals surface area contributed by atoms with Crippen molar-refractivity contribution in [3.05, 3.63) is 65.7 Å². The molecule has 5 heteroatoms. The molecule has 2 aromatic rings. The summed E-state index contributed by atoms with van der Waals surface area (Å²) in [5, 5.41) is 9.47. The lowest BCUT2D eigenvalue weighted by Gasteiger charge is -2.39. The first-order valence-corrected chi connectivity index (χ1v) is 8.54. The maximum atomic E-state index is 12.2. The largest absolute Gasteiger partial charge is 0.457 e. The third-order valence-corrected chi connectivity index (χ3v) is 4.67. The summed E-state index contributed by atoms with van der Waals surface area (Å²) in [6.07, 6.45) is 0. The number of anilines is 1. The summed E-state index contributed by atoms with van der Waals surface area (Å²) < 4.78 is 5.36. The Morgan fingerprint density at radius 1 is 1.12 bits per heavy atom. The molecule has 1 aliphatic heterocycles. The zero-order valence-corrected chi connectivity index (χ0v) is 14.5. The molecule has 1 aliphatic rings. The maximum absolute atomic E-state index is 12.2. The van der Waals surface area contributed by atoms with Gasteiger partial charge in [-0.1, -0.05) is 30.3 Å². The number of hydrogen-bond donors (Lipinski definition) is 1. The van der Waals surface area contributed by atoms with Gasteiger partial charge in [-0.2, -0.15) is 0 Å². The highest BCUT2D eigenvalue weighted by Gasteiger charge is 2.23. The van der Waals surface area contributed by atoms with E-state index in [9.17, 15) is 9.90 Å². The van der Waals surface area contributed by atoms with Gasteiger partial charge in [0.05, 0.1) is 18.2 Å². The summed E-state index contributed by atoms with van der Waals surface area (Å²) in [4.78, 5) is 16.6. The predicted molar refractivity (Wildman–Crippen MR) is 97.7 cm³/mol. The fraction of sp³-hybridized carbons (Fsp3) is 0.350. The molecule has 0 unspecified atom stereocenters. The molecular formula is C20H24N2O3. The molecule has 2 aromatic carbocycles. The Kier molecular flexibility index (Phi) is 5.68. The van der Waals surface area contributed by atoms with Crippen LogP contribution in [-0.4, -0.2) is 55.3 Å². The first-order chi connectivity index (χ1) is 12.2. The van der Waals surface area contributed by atoms with Crippen molar-refractivity contribution < 1.29 is 14.6 Å². The lowest BCUT2D eigenvalue weighted by Crippen LogP contribution is -2.53. The number of aliphatic hydroxyl groups is 1. The highest BCUT2D eigenvalue weighted by atomic mass is 16.5. The van der Waals surface area contributed by atoms with E-state index in [0.717, 1.165) is 30.9 Å².